The van der Waals surface area contributed by atoms with Crippen LogP contribution in [0.25, 0.3) is 6.08 Å². The molecule has 1 fully saturated rings. The Kier molecular flexibility index (Phi) is 9.23. The first-order valence-corrected chi connectivity index (χ1v) is 13.2. The smallest absolute Gasteiger partial charge is 0.236 e. The second-order valence-electron chi connectivity index (χ2n) is 8.38. The molecule has 178 valence electrons. The van der Waals surface area contributed by atoms with E-state index in [1.165, 1.54) is 15.3 Å². The molecule has 0 unspecified atom stereocenters. The number of carbonyl (C=O) groups is 1. The highest BCUT2D eigenvalue weighted by Gasteiger charge is 2.29. The van der Waals surface area contributed by atoms with E-state index in [1.807, 2.05) is 42.5 Å². The van der Waals surface area contributed by atoms with Gasteiger partial charge < -0.3 is 5.32 Å². The molecule has 1 amide bonds. The zero-order valence-corrected chi connectivity index (χ0v) is 20.4. The molecule has 0 atom stereocenters. The molecule has 1 saturated heterocycles. The molecule has 7 heteroatoms. The lowest BCUT2D eigenvalue weighted by Gasteiger charge is -2.29. The number of hydrogen-bond acceptors (Lipinski definition) is 4. The second kappa shape index (κ2) is 12.1. The Labute approximate surface area is 198 Å². The summed E-state index contributed by atoms with van der Waals surface area (Å²) in [6, 6.07) is 17.6. The fourth-order valence-corrected chi connectivity index (χ4v) is 5.31. The molecule has 1 aliphatic rings. The summed E-state index contributed by atoms with van der Waals surface area (Å²) in [5.74, 6) is -0.158. The van der Waals surface area contributed by atoms with E-state index >= 15 is 0 Å². The molecule has 3 rings (SSSR count). The van der Waals surface area contributed by atoms with Gasteiger partial charge in [-0.05, 0) is 48.7 Å². The quantitative estimate of drug-likeness (QED) is 0.574. The van der Waals surface area contributed by atoms with Crippen LogP contribution >= 0.6 is 0 Å². The van der Waals surface area contributed by atoms with Crippen molar-refractivity contribution in [3.8, 4) is 0 Å². The number of amides is 1. The molecule has 0 aliphatic carbocycles. The minimum absolute atomic E-state index is 0.00418. The van der Waals surface area contributed by atoms with Crippen molar-refractivity contribution in [2.24, 2.45) is 5.92 Å². The first kappa shape index (κ1) is 25.1. The summed E-state index contributed by atoms with van der Waals surface area (Å²) in [7, 11) is -3.49. The fourth-order valence-electron chi connectivity index (χ4n) is 4.09. The van der Waals surface area contributed by atoms with E-state index in [4.69, 9.17) is 0 Å². The van der Waals surface area contributed by atoms with Gasteiger partial charge in [0.25, 0.3) is 0 Å². The molecule has 0 aromatic heterocycles. The van der Waals surface area contributed by atoms with Crippen molar-refractivity contribution >= 4 is 22.0 Å². The van der Waals surface area contributed by atoms with Crippen molar-refractivity contribution in [2.45, 2.75) is 39.8 Å². The normalized spacial score (nSPS) is 15.8. The molecule has 2 aromatic rings. The van der Waals surface area contributed by atoms with Crippen LogP contribution in [0.15, 0.2) is 60.0 Å². The molecule has 6 nitrogen and oxygen atoms in total. The average Bonchev–Trinajstić information content (AvgIpc) is 2.86. The molecular weight excluding hydrogens is 434 g/mol. The molecule has 0 saturated carbocycles. The summed E-state index contributed by atoms with van der Waals surface area (Å²) in [6.07, 6.45) is 2.68. The number of sulfonamides is 1. The van der Waals surface area contributed by atoms with E-state index in [0.29, 0.717) is 32.5 Å². The van der Waals surface area contributed by atoms with E-state index in [-0.39, 0.29) is 11.8 Å². The number of hydrogen-bond donors (Lipinski definition) is 1. The van der Waals surface area contributed by atoms with Crippen LogP contribution in [0, 0.1) is 5.92 Å². The maximum atomic E-state index is 12.8. The standard InChI is InChI=1S/C26H35N3O3S/c1-3-28(4-2)21-25-13-9-8-12-24(25)20-27-26(30)23-14-17-29(18-15-23)33(31,32)19-16-22-10-6-5-7-11-22/h5-13,16,19,23H,3-4,14-15,17-18,20-21H2,1-2H3,(H,27,30)/b19-16+. The van der Waals surface area contributed by atoms with Gasteiger partial charge >= 0.3 is 0 Å². The number of piperidine rings is 1. The fraction of sp³-hybridized carbons (Fsp3) is 0.423. The number of nitrogens with zero attached hydrogens (tertiary/aromatic N) is 2. The maximum Gasteiger partial charge on any atom is 0.236 e. The third-order valence-corrected chi connectivity index (χ3v) is 7.84. The highest BCUT2D eigenvalue weighted by atomic mass is 32.2. The van der Waals surface area contributed by atoms with Crippen LogP contribution in [0.2, 0.25) is 0 Å². The van der Waals surface area contributed by atoms with E-state index in [2.05, 4.69) is 36.2 Å². The first-order valence-electron chi connectivity index (χ1n) is 11.7. The number of carbonyl (C=O) groups excluding carboxylic acids is 1. The van der Waals surface area contributed by atoms with Crippen LogP contribution < -0.4 is 5.32 Å². The highest BCUT2D eigenvalue weighted by Crippen LogP contribution is 2.21. The molecule has 2 aromatic carbocycles. The van der Waals surface area contributed by atoms with Crippen molar-refractivity contribution in [1.82, 2.24) is 14.5 Å². The van der Waals surface area contributed by atoms with Gasteiger partial charge in [-0.15, -0.1) is 0 Å². The minimum Gasteiger partial charge on any atom is -0.352 e. The minimum atomic E-state index is -3.49. The number of benzene rings is 2. The van der Waals surface area contributed by atoms with Crippen LogP contribution in [0.4, 0.5) is 0 Å². The predicted octanol–water partition coefficient (Wildman–Crippen LogP) is 3.86. The van der Waals surface area contributed by atoms with Gasteiger partial charge in [0.05, 0.1) is 0 Å². The van der Waals surface area contributed by atoms with Crippen LogP contribution in [0.5, 0.6) is 0 Å². The van der Waals surface area contributed by atoms with Crippen molar-refractivity contribution in [1.29, 1.82) is 0 Å². The Morgan fingerprint density at radius 2 is 1.61 bits per heavy atom. The van der Waals surface area contributed by atoms with Crippen LogP contribution in [0.1, 0.15) is 43.4 Å². The summed E-state index contributed by atoms with van der Waals surface area (Å²) >= 11 is 0. The Hall–Kier alpha value is -2.48. The van der Waals surface area contributed by atoms with Gasteiger partial charge in [0.2, 0.25) is 15.9 Å². The van der Waals surface area contributed by atoms with Gasteiger partial charge in [0.15, 0.2) is 0 Å². The lowest BCUT2D eigenvalue weighted by Crippen LogP contribution is -2.42. The molecule has 0 bridgehead atoms. The van der Waals surface area contributed by atoms with E-state index in [0.717, 1.165) is 30.8 Å². The van der Waals surface area contributed by atoms with Gasteiger partial charge in [-0.3, -0.25) is 9.69 Å². The van der Waals surface area contributed by atoms with Gasteiger partial charge in [-0.2, -0.15) is 4.31 Å². The lowest BCUT2D eigenvalue weighted by molar-refractivity contribution is -0.126. The Balaban J connectivity index is 1.51. The zero-order valence-electron chi connectivity index (χ0n) is 19.6. The molecule has 0 radical (unpaired) electrons. The molecule has 1 heterocycles. The zero-order chi connectivity index (χ0) is 23.7. The van der Waals surface area contributed by atoms with Crippen molar-refractivity contribution in [3.63, 3.8) is 0 Å². The molecule has 1 N–H and O–H groups in total. The Morgan fingerprint density at radius 3 is 2.24 bits per heavy atom. The first-order chi connectivity index (χ1) is 15.9. The van der Waals surface area contributed by atoms with Crippen molar-refractivity contribution < 1.29 is 13.2 Å². The number of nitrogens with one attached hydrogen (secondary N) is 1. The van der Waals surface area contributed by atoms with Gasteiger partial charge in [0, 0.05) is 37.5 Å². The summed E-state index contributed by atoms with van der Waals surface area (Å²) in [4.78, 5) is 15.1. The van der Waals surface area contributed by atoms with Crippen LogP contribution in [-0.2, 0) is 27.9 Å². The third kappa shape index (κ3) is 7.25. The Bertz CT molecular complexity index is 1030. The lowest BCUT2D eigenvalue weighted by atomic mass is 9.97. The topological polar surface area (TPSA) is 69.7 Å². The average molecular weight is 470 g/mol. The molecule has 1 aliphatic heterocycles. The Morgan fingerprint density at radius 1 is 1.00 bits per heavy atom. The second-order valence-corrected chi connectivity index (χ2v) is 10.2. The van der Waals surface area contributed by atoms with Crippen LogP contribution in [-0.4, -0.2) is 49.7 Å². The van der Waals surface area contributed by atoms with E-state index in [1.54, 1.807) is 6.08 Å². The molecule has 0 spiro atoms. The number of rotatable bonds is 10. The summed E-state index contributed by atoms with van der Waals surface area (Å²) in [5.41, 5.74) is 3.20. The van der Waals surface area contributed by atoms with E-state index < -0.39 is 10.0 Å². The largest absolute Gasteiger partial charge is 0.352 e. The predicted molar refractivity (Wildman–Crippen MR) is 134 cm³/mol. The van der Waals surface area contributed by atoms with Gasteiger partial charge in [-0.1, -0.05) is 68.4 Å². The summed E-state index contributed by atoms with van der Waals surface area (Å²) in [5, 5.41) is 4.34. The molecule has 33 heavy (non-hydrogen) atoms. The summed E-state index contributed by atoms with van der Waals surface area (Å²) < 4.78 is 26.8. The van der Waals surface area contributed by atoms with Gasteiger partial charge in [-0.25, -0.2) is 8.42 Å². The monoisotopic (exact) mass is 469 g/mol. The highest BCUT2D eigenvalue weighted by molar-refractivity contribution is 7.92. The summed E-state index contributed by atoms with van der Waals surface area (Å²) in [6.45, 7) is 8.35. The SMILES string of the molecule is CCN(CC)Cc1ccccc1CNC(=O)C1CCN(S(=O)(=O)/C=C/c2ccccc2)CC1. The molecular formula is C26H35N3O3S. The third-order valence-electron chi connectivity index (χ3n) is 6.28. The van der Waals surface area contributed by atoms with Crippen LogP contribution in [0.3, 0.4) is 0 Å². The van der Waals surface area contributed by atoms with E-state index in [9.17, 15) is 13.2 Å². The van der Waals surface area contributed by atoms with Gasteiger partial charge in [0.1, 0.15) is 0 Å². The van der Waals surface area contributed by atoms with Crippen molar-refractivity contribution in [3.05, 3.63) is 76.7 Å². The van der Waals surface area contributed by atoms with Crippen molar-refractivity contribution in [2.75, 3.05) is 26.2 Å². The maximum absolute atomic E-state index is 12.8.